The van der Waals surface area contributed by atoms with Gasteiger partial charge in [-0.2, -0.15) is 0 Å². The number of nitrogens with two attached hydrogens (primary N) is 1. The SMILES string of the molecule is Cc1cc(C)cc(CC(N)CCc2ccccn2)c1. The molecule has 1 aromatic carbocycles. The molecule has 2 aromatic rings. The van der Waals surface area contributed by atoms with Crippen molar-refractivity contribution in [2.45, 2.75) is 39.2 Å². The number of pyridine rings is 1. The lowest BCUT2D eigenvalue weighted by Crippen LogP contribution is -2.23. The average molecular weight is 254 g/mol. The highest BCUT2D eigenvalue weighted by molar-refractivity contribution is 5.29. The molecule has 2 heteroatoms. The van der Waals surface area contributed by atoms with E-state index in [1.165, 1.54) is 16.7 Å². The summed E-state index contributed by atoms with van der Waals surface area (Å²) in [6, 6.07) is 12.9. The molecule has 0 aliphatic heterocycles. The molecular formula is C17H22N2. The Hall–Kier alpha value is -1.67. The van der Waals surface area contributed by atoms with Gasteiger partial charge in [0.15, 0.2) is 0 Å². The maximum Gasteiger partial charge on any atom is 0.0404 e. The zero-order valence-electron chi connectivity index (χ0n) is 11.8. The summed E-state index contributed by atoms with van der Waals surface area (Å²) in [6.07, 6.45) is 4.71. The molecule has 0 aliphatic rings. The number of aryl methyl sites for hydroxylation is 3. The second-order valence-electron chi connectivity index (χ2n) is 5.32. The van der Waals surface area contributed by atoms with Crippen LogP contribution in [0.4, 0.5) is 0 Å². The van der Waals surface area contributed by atoms with E-state index in [1.54, 1.807) is 0 Å². The van der Waals surface area contributed by atoms with Gasteiger partial charge in [0.2, 0.25) is 0 Å². The first kappa shape index (κ1) is 13.8. The Kier molecular flexibility index (Phi) is 4.69. The summed E-state index contributed by atoms with van der Waals surface area (Å²) in [4.78, 5) is 4.33. The molecule has 19 heavy (non-hydrogen) atoms. The van der Waals surface area contributed by atoms with Crippen molar-refractivity contribution in [3.8, 4) is 0 Å². The topological polar surface area (TPSA) is 38.9 Å². The van der Waals surface area contributed by atoms with Gasteiger partial charge in [-0.25, -0.2) is 0 Å². The number of rotatable bonds is 5. The summed E-state index contributed by atoms with van der Waals surface area (Å²) in [5, 5.41) is 0. The van der Waals surface area contributed by atoms with Crippen LogP contribution in [0, 0.1) is 13.8 Å². The Bertz CT molecular complexity index is 500. The van der Waals surface area contributed by atoms with Crippen molar-refractivity contribution in [3.63, 3.8) is 0 Å². The Morgan fingerprint density at radius 1 is 1.11 bits per heavy atom. The van der Waals surface area contributed by atoms with Crippen LogP contribution in [-0.4, -0.2) is 11.0 Å². The number of nitrogens with zero attached hydrogens (tertiary/aromatic N) is 1. The van der Waals surface area contributed by atoms with Gasteiger partial charge < -0.3 is 5.73 Å². The summed E-state index contributed by atoms with van der Waals surface area (Å²) in [6.45, 7) is 4.27. The minimum absolute atomic E-state index is 0.197. The van der Waals surface area contributed by atoms with Crippen LogP contribution in [0.15, 0.2) is 42.6 Å². The lowest BCUT2D eigenvalue weighted by atomic mass is 9.98. The van der Waals surface area contributed by atoms with Gasteiger partial charge >= 0.3 is 0 Å². The normalized spacial score (nSPS) is 12.4. The summed E-state index contributed by atoms with van der Waals surface area (Å²) >= 11 is 0. The molecule has 1 atom stereocenters. The van der Waals surface area contributed by atoms with Crippen molar-refractivity contribution in [2.75, 3.05) is 0 Å². The molecule has 0 saturated carbocycles. The fourth-order valence-corrected chi connectivity index (χ4v) is 2.47. The Morgan fingerprint density at radius 2 is 1.84 bits per heavy atom. The van der Waals surface area contributed by atoms with E-state index in [0.29, 0.717) is 0 Å². The van der Waals surface area contributed by atoms with Crippen molar-refractivity contribution in [3.05, 3.63) is 65.0 Å². The Morgan fingerprint density at radius 3 is 2.47 bits per heavy atom. The first-order valence-electron chi connectivity index (χ1n) is 6.86. The predicted molar refractivity (Wildman–Crippen MR) is 80.2 cm³/mol. The molecule has 0 bridgehead atoms. The van der Waals surface area contributed by atoms with Gasteiger partial charge in [0.25, 0.3) is 0 Å². The van der Waals surface area contributed by atoms with E-state index < -0.39 is 0 Å². The smallest absolute Gasteiger partial charge is 0.0404 e. The molecule has 0 spiro atoms. The van der Waals surface area contributed by atoms with E-state index >= 15 is 0 Å². The van der Waals surface area contributed by atoms with Crippen molar-refractivity contribution < 1.29 is 0 Å². The van der Waals surface area contributed by atoms with E-state index in [0.717, 1.165) is 25.0 Å². The van der Waals surface area contributed by atoms with Gasteiger partial charge in [0, 0.05) is 17.9 Å². The molecule has 0 saturated heterocycles. The number of hydrogen-bond donors (Lipinski definition) is 1. The molecule has 1 aromatic heterocycles. The van der Waals surface area contributed by atoms with E-state index in [-0.39, 0.29) is 6.04 Å². The molecule has 100 valence electrons. The highest BCUT2D eigenvalue weighted by Crippen LogP contribution is 2.12. The van der Waals surface area contributed by atoms with Crippen molar-refractivity contribution in [1.82, 2.24) is 4.98 Å². The van der Waals surface area contributed by atoms with E-state index in [1.807, 2.05) is 18.3 Å². The fraction of sp³-hybridized carbons (Fsp3) is 0.353. The van der Waals surface area contributed by atoms with Gasteiger partial charge in [0.05, 0.1) is 0 Å². The van der Waals surface area contributed by atoms with Crippen LogP contribution in [0.3, 0.4) is 0 Å². The molecule has 2 N–H and O–H groups in total. The number of benzene rings is 1. The molecular weight excluding hydrogens is 232 g/mol. The third-order valence-electron chi connectivity index (χ3n) is 3.28. The van der Waals surface area contributed by atoms with Crippen LogP contribution < -0.4 is 5.73 Å². The number of aromatic nitrogens is 1. The highest BCUT2D eigenvalue weighted by Gasteiger charge is 2.06. The largest absolute Gasteiger partial charge is 0.327 e. The van der Waals surface area contributed by atoms with Gasteiger partial charge in [-0.3, -0.25) is 4.98 Å². The van der Waals surface area contributed by atoms with Crippen LogP contribution in [0.5, 0.6) is 0 Å². The molecule has 1 heterocycles. The van der Waals surface area contributed by atoms with E-state index in [2.05, 4.69) is 43.1 Å². The summed E-state index contributed by atoms with van der Waals surface area (Å²) in [7, 11) is 0. The lowest BCUT2D eigenvalue weighted by molar-refractivity contribution is 0.605. The van der Waals surface area contributed by atoms with Crippen LogP contribution >= 0.6 is 0 Å². The third-order valence-corrected chi connectivity index (χ3v) is 3.28. The third kappa shape index (κ3) is 4.49. The van der Waals surface area contributed by atoms with Crippen LogP contribution in [0.25, 0.3) is 0 Å². The minimum Gasteiger partial charge on any atom is -0.327 e. The lowest BCUT2D eigenvalue weighted by Gasteiger charge is -2.12. The van der Waals surface area contributed by atoms with Crippen LogP contribution in [0.2, 0.25) is 0 Å². The van der Waals surface area contributed by atoms with Gasteiger partial charge in [0.1, 0.15) is 0 Å². The second-order valence-corrected chi connectivity index (χ2v) is 5.32. The van der Waals surface area contributed by atoms with Crippen molar-refractivity contribution in [2.24, 2.45) is 5.73 Å². The summed E-state index contributed by atoms with van der Waals surface area (Å²) in [5.41, 5.74) is 11.3. The molecule has 2 nitrogen and oxygen atoms in total. The van der Waals surface area contributed by atoms with Crippen LogP contribution in [0.1, 0.15) is 28.8 Å². The maximum absolute atomic E-state index is 6.23. The quantitative estimate of drug-likeness (QED) is 0.890. The predicted octanol–water partition coefficient (Wildman–Crippen LogP) is 3.20. The summed E-state index contributed by atoms with van der Waals surface area (Å²) < 4.78 is 0. The molecule has 1 unspecified atom stereocenters. The van der Waals surface area contributed by atoms with E-state index in [4.69, 9.17) is 5.73 Å². The van der Waals surface area contributed by atoms with E-state index in [9.17, 15) is 0 Å². The highest BCUT2D eigenvalue weighted by atomic mass is 14.7. The monoisotopic (exact) mass is 254 g/mol. The number of hydrogen-bond acceptors (Lipinski definition) is 2. The fourth-order valence-electron chi connectivity index (χ4n) is 2.47. The molecule has 0 amide bonds. The first-order valence-corrected chi connectivity index (χ1v) is 6.86. The van der Waals surface area contributed by atoms with Gasteiger partial charge in [-0.1, -0.05) is 35.4 Å². The standard InChI is InChI=1S/C17H22N2/c1-13-9-14(2)11-15(10-13)12-16(18)6-7-17-5-3-4-8-19-17/h3-5,8-11,16H,6-7,12,18H2,1-2H3. The Labute approximate surface area is 115 Å². The van der Waals surface area contributed by atoms with Crippen molar-refractivity contribution >= 4 is 0 Å². The zero-order valence-corrected chi connectivity index (χ0v) is 11.8. The van der Waals surface area contributed by atoms with Gasteiger partial charge in [-0.05, 0) is 50.8 Å². The Balaban J connectivity index is 1.89. The van der Waals surface area contributed by atoms with Crippen LogP contribution in [-0.2, 0) is 12.8 Å². The molecule has 0 fully saturated rings. The summed E-state index contributed by atoms with van der Waals surface area (Å²) in [5.74, 6) is 0. The zero-order chi connectivity index (χ0) is 13.7. The first-order chi connectivity index (χ1) is 9.13. The molecule has 0 radical (unpaired) electrons. The minimum atomic E-state index is 0.197. The molecule has 0 aliphatic carbocycles. The van der Waals surface area contributed by atoms with Gasteiger partial charge in [-0.15, -0.1) is 0 Å². The second kappa shape index (κ2) is 6.48. The molecule has 2 rings (SSSR count). The maximum atomic E-state index is 6.23. The average Bonchev–Trinajstić information content (AvgIpc) is 2.36. The van der Waals surface area contributed by atoms with Crippen molar-refractivity contribution in [1.29, 1.82) is 0 Å².